The summed E-state index contributed by atoms with van der Waals surface area (Å²) < 4.78 is 1.73. The van der Waals surface area contributed by atoms with Gasteiger partial charge in [-0.25, -0.2) is 10.8 Å². The third kappa shape index (κ3) is 1.80. The summed E-state index contributed by atoms with van der Waals surface area (Å²) >= 11 is 0. The summed E-state index contributed by atoms with van der Waals surface area (Å²) in [6, 6.07) is 0. The summed E-state index contributed by atoms with van der Waals surface area (Å²) in [4.78, 5) is 14.7. The minimum absolute atomic E-state index is 0.297. The first-order valence-corrected chi connectivity index (χ1v) is 3.50. The predicted octanol–water partition coefficient (Wildman–Crippen LogP) is -1.55. The summed E-state index contributed by atoms with van der Waals surface area (Å²) in [6.07, 6.45) is 3.13. The van der Waals surface area contributed by atoms with E-state index in [0.29, 0.717) is 18.8 Å². The average Bonchev–Trinajstić information content (AvgIpc) is 2.52. The SMILES string of the molecule is NCCn1cnc(C(=O)NN)c1. The van der Waals surface area contributed by atoms with Crippen LogP contribution in [0.3, 0.4) is 0 Å². The fourth-order valence-corrected chi connectivity index (χ4v) is 0.823. The van der Waals surface area contributed by atoms with Crippen molar-refractivity contribution in [1.82, 2.24) is 15.0 Å². The number of rotatable bonds is 3. The molecule has 0 radical (unpaired) electrons. The van der Waals surface area contributed by atoms with Gasteiger partial charge in [0.25, 0.3) is 5.91 Å². The number of imidazole rings is 1. The molecule has 0 bridgehead atoms. The second-order valence-electron chi connectivity index (χ2n) is 2.26. The second kappa shape index (κ2) is 3.84. The summed E-state index contributed by atoms with van der Waals surface area (Å²) in [5, 5.41) is 0. The van der Waals surface area contributed by atoms with Crippen molar-refractivity contribution >= 4 is 5.91 Å². The quantitative estimate of drug-likeness (QED) is 0.289. The molecular formula is C6H11N5O. The second-order valence-corrected chi connectivity index (χ2v) is 2.26. The van der Waals surface area contributed by atoms with Gasteiger partial charge in [0.2, 0.25) is 0 Å². The third-order valence-electron chi connectivity index (χ3n) is 1.38. The molecule has 0 aliphatic heterocycles. The van der Waals surface area contributed by atoms with Crippen LogP contribution in [0.4, 0.5) is 0 Å². The molecule has 1 amide bonds. The van der Waals surface area contributed by atoms with E-state index in [1.807, 2.05) is 5.43 Å². The molecule has 66 valence electrons. The van der Waals surface area contributed by atoms with Crippen LogP contribution in [0.5, 0.6) is 0 Å². The molecule has 6 nitrogen and oxygen atoms in total. The number of carbonyl (C=O) groups excluding carboxylic acids is 1. The molecule has 1 rings (SSSR count). The number of amides is 1. The first-order valence-electron chi connectivity index (χ1n) is 3.50. The molecule has 12 heavy (non-hydrogen) atoms. The maximum Gasteiger partial charge on any atom is 0.285 e. The van der Waals surface area contributed by atoms with Gasteiger partial charge in [0, 0.05) is 19.3 Å². The molecule has 5 N–H and O–H groups in total. The van der Waals surface area contributed by atoms with E-state index >= 15 is 0 Å². The number of hydrogen-bond acceptors (Lipinski definition) is 4. The smallest absolute Gasteiger partial charge is 0.285 e. The maximum atomic E-state index is 10.9. The maximum absolute atomic E-state index is 10.9. The molecule has 0 atom stereocenters. The normalized spacial score (nSPS) is 9.83. The van der Waals surface area contributed by atoms with Gasteiger partial charge in [0.15, 0.2) is 0 Å². The third-order valence-corrected chi connectivity index (χ3v) is 1.38. The number of nitrogens with one attached hydrogen (secondary N) is 1. The van der Waals surface area contributed by atoms with Crippen LogP contribution >= 0.6 is 0 Å². The lowest BCUT2D eigenvalue weighted by molar-refractivity contribution is 0.0949. The van der Waals surface area contributed by atoms with Gasteiger partial charge in [-0.2, -0.15) is 0 Å². The van der Waals surface area contributed by atoms with Crippen LogP contribution in [0, 0.1) is 0 Å². The molecule has 0 aromatic carbocycles. The van der Waals surface area contributed by atoms with Crippen LogP contribution in [0.25, 0.3) is 0 Å². The number of nitrogens with zero attached hydrogens (tertiary/aromatic N) is 2. The number of aromatic nitrogens is 2. The number of nitrogen functional groups attached to an aromatic ring is 1. The van der Waals surface area contributed by atoms with Crippen molar-refractivity contribution in [3.63, 3.8) is 0 Å². The first-order chi connectivity index (χ1) is 5.77. The van der Waals surface area contributed by atoms with Crippen LogP contribution < -0.4 is 17.0 Å². The fraction of sp³-hybridized carbons (Fsp3) is 0.333. The molecule has 0 saturated carbocycles. The van der Waals surface area contributed by atoms with Crippen molar-refractivity contribution in [3.05, 3.63) is 18.2 Å². The van der Waals surface area contributed by atoms with E-state index in [2.05, 4.69) is 4.98 Å². The fourth-order valence-electron chi connectivity index (χ4n) is 0.823. The van der Waals surface area contributed by atoms with Crippen molar-refractivity contribution in [2.45, 2.75) is 6.54 Å². The van der Waals surface area contributed by atoms with E-state index in [4.69, 9.17) is 11.6 Å². The summed E-state index contributed by atoms with van der Waals surface area (Å²) in [5.74, 6) is 4.52. The lowest BCUT2D eigenvalue weighted by Gasteiger charge is -1.95. The monoisotopic (exact) mass is 169 g/mol. The van der Waals surface area contributed by atoms with Gasteiger partial charge >= 0.3 is 0 Å². The summed E-state index contributed by atoms with van der Waals surface area (Å²) in [7, 11) is 0. The Morgan fingerprint density at radius 2 is 2.50 bits per heavy atom. The zero-order chi connectivity index (χ0) is 8.97. The number of nitrogens with two attached hydrogens (primary N) is 2. The Kier molecular flexibility index (Phi) is 2.78. The molecule has 0 fully saturated rings. The van der Waals surface area contributed by atoms with Crippen LogP contribution in [-0.4, -0.2) is 22.0 Å². The van der Waals surface area contributed by atoms with E-state index in [9.17, 15) is 4.79 Å². The number of hydrazine groups is 1. The van der Waals surface area contributed by atoms with Gasteiger partial charge in [0.05, 0.1) is 6.33 Å². The highest BCUT2D eigenvalue weighted by Crippen LogP contribution is 1.94. The Bertz CT molecular complexity index is 269. The Balaban J connectivity index is 2.70. The molecule has 0 aliphatic rings. The molecule has 0 unspecified atom stereocenters. The van der Waals surface area contributed by atoms with Gasteiger partial charge in [0.1, 0.15) is 5.69 Å². The van der Waals surface area contributed by atoms with E-state index in [1.165, 1.54) is 6.33 Å². The van der Waals surface area contributed by atoms with Crippen molar-refractivity contribution < 1.29 is 4.79 Å². The van der Waals surface area contributed by atoms with Crippen LogP contribution in [0.2, 0.25) is 0 Å². The van der Waals surface area contributed by atoms with Crippen molar-refractivity contribution in [3.8, 4) is 0 Å². The van der Waals surface area contributed by atoms with E-state index in [1.54, 1.807) is 10.8 Å². The van der Waals surface area contributed by atoms with Gasteiger partial charge < -0.3 is 10.3 Å². The Hall–Kier alpha value is -1.40. The van der Waals surface area contributed by atoms with E-state index < -0.39 is 5.91 Å². The van der Waals surface area contributed by atoms with Crippen molar-refractivity contribution in [1.29, 1.82) is 0 Å². The minimum atomic E-state index is -0.397. The lowest BCUT2D eigenvalue weighted by Crippen LogP contribution is -2.30. The highest BCUT2D eigenvalue weighted by atomic mass is 16.2. The molecule has 6 heteroatoms. The van der Waals surface area contributed by atoms with Crippen molar-refractivity contribution in [2.24, 2.45) is 11.6 Å². The van der Waals surface area contributed by atoms with Crippen LogP contribution in [0.1, 0.15) is 10.5 Å². The molecular weight excluding hydrogens is 158 g/mol. The number of carbonyl (C=O) groups is 1. The van der Waals surface area contributed by atoms with Crippen LogP contribution in [-0.2, 0) is 6.54 Å². The summed E-state index contributed by atoms with van der Waals surface area (Å²) in [5.41, 5.74) is 7.59. The number of hydrogen-bond donors (Lipinski definition) is 3. The largest absolute Gasteiger partial charge is 0.335 e. The lowest BCUT2D eigenvalue weighted by atomic mass is 10.4. The van der Waals surface area contributed by atoms with E-state index in [-0.39, 0.29) is 0 Å². The van der Waals surface area contributed by atoms with Crippen LogP contribution in [0.15, 0.2) is 12.5 Å². The average molecular weight is 169 g/mol. The van der Waals surface area contributed by atoms with Gasteiger partial charge in [-0.3, -0.25) is 10.2 Å². The van der Waals surface area contributed by atoms with Gasteiger partial charge in [-0.15, -0.1) is 0 Å². The highest BCUT2D eigenvalue weighted by molar-refractivity contribution is 5.91. The first kappa shape index (κ1) is 8.69. The van der Waals surface area contributed by atoms with E-state index in [0.717, 1.165) is 0 Å². The minimum Gasteiger partial charge on any atom is -0.335 e. The molecule has 0 saturated heterocycles. The van der Waals surface area contributed by atoms with Gasteiger partial charge in [-0.1, -0.05) is 0 Å². The zero-order valence-corrected chi connectivity index (χ0v) is 6.53. The Labute approximate surface area is 69.5 Å². The summed E-state index contributed by atoms with van der Waals surface area (Å²) in [6.45, 7) is 1.16. The Morgan fingerprint density at radius 3 is 3.08 bits per heavy atom. The van der Waals surface area contributed by atoms with Crippen molar-refractivity contribution in [2.75, 3.05) is 6.54 Å². The predicted molar refractivity (Wildman–Crippen MR) is 42.9 cm³/mol. The molecule has 0 spiro atoms. The molecule has 1 heterocycles. The standard InChI is InChI=1S/C6H11N5O/c7-1-2-11-3-5(9-4-11)6(12)10-8/h3-4H,1-2,7-8H2,(H,10,12). The topological polar surface area (TPSA) is 99.0 Å². The Morgan fingerprint density at radius 1 is 1.75 bits per heavy atom. The highest BCUT2D eigenvalue weighted by Gasteiger charge is 2.05. The molecule has 1 aromatic rings. The van der Waals surface area contributed by atoms with Gasteiger partial charge in [-0.05, 0) is 0 Å². The molecule has 1 aromatic heterocycles. The zero-order valence-electron chi connectivity index (χ0n) is 6.53. The molecule has 0 aliphatic carbocycles.